The number of fused-ring (bicyclic) bond motifs is 1. The summed E-state index contributed by atoms with van der Waals surface area (Å²) in [5, 5.41) is 5.42. The van der Waals surface area contributed by atoms with Crippen LogP contribution in [0.3, 0.4) is 0 Å². The number of nitrogens with zero attached hydrogens (tertiary/aromatic N) is 2. The average molecular weight is 394 g/mol. The number of methoxy groups -OCH3 is 1. The van der Waals surface area contributed by atoms with Crippen LogP contribution in [0.4, 0.5) is 11.4 Å². The van der Waals surface area contributed by atoms with Crippen molar-refractivity contribution >= 4 is 34.2 Å². The Morgan fingerprint density at radius 1 is 1.14 bits per heavy atom. The summed E-state index contributed by atoms with van der Waals surface area (Å²) in [6.07, 6.45) is 0.283. The van der Waals surface area contributed by atoms with Crippen molar-refractivity contribution in [3.63, 3.8) is 0 Å². The van der Waals surface area contributed by atoms with Gasteiger partial charge in [-0.3, -0.25) is 14.4 Å². The maximum Gasteiger partial charge on any atom is 0.272 e. The highest BCUT2D eigenvalue weighted by Crippen LogP contribution is 2.28. The van der Waals surface area contributed by atoms with Gasteiger partial charge in [-0.2, -0.15) is 0 Å². The Labute approximate surface area is 167 Å². The summed E-state index contributed by atoms with van der Waals surface area (Å²) in [7, 11) is 3.18. The highest BCUT2D eigenvalue weighted by molar-refractivity contribution is 5.95. The second kappa shape index (κ2) is 8.55. The second-order valence-corrected chi connectivity index (χ2v) is 6.56. The molecule has 0 bridgehead atoms. The maximum absolute atomic E-state index is 12.5. The van der Waals surface area contributed by atoms with Crippen molar-refractivity contribution in [3.05, 3.63) is 58.5 Å². The van der Waals surface area contributed by atoms with Crippen LogP contribution >= 0.6 is 0 Å². The largest absolute Gasteiger partial charge is 0.495 e. The SMILES string of the molecule is COc1ccc(NC(C)=O)cc1NC(=O)CCc1nc2ccccc2n(C)c1=O. The van der Waals surface area contributed by atoms with E-state index >= 15 is 0 Å². The summed E-state index contributed by atoms with van der Waals surface area (Å²) in [5.74, 6) is -0.0434. The van der Waals surface area contributed by atoms with E-state index in [0.29, 0.717) is 28.3 Å². The number of ether oxygens (including phenoxy) is 1. The minimum atomic E-state index is -0.291. The van der Waals surface area contributed by atoms with E-state index in [9.17, 15) is 14.4 Å². The van der Waals surface area contributed by atoms with Crippen molar-refractivity contribution in [1.82, 2.24) is 9.55 Å². The first-order chi connectivity index (χ1) is 13.9. The molecule has 8 heteroatoms. The smallest absolute Gasteiger partial charge is 0.272 e. The van der Waals surface area contributed by atoms with E-state index in [-0.39, 0.29) is 30.2 Å². The number of aryl methyl sites for hydroxylation is 2. The summed E-state index contributed by atoms with van der Waals surface area (Å²) >= 11 is 0. The number of anilines is 2. The summed E-state index contributed by atoms with van der Waals surface area (Å²) in [6.45, 7) is 1.40. The molecule has 3 aromatic rings. The normalized spacial score (nSPS) is 10.6. The van der Waals surface area contributed by atoms with Crippen LogP contribution in [-0.4, -0.2) is 28.5 Å². The van der Waals surface area contributed by atoms with Gasteiger partial charge in [-0.15, -0.1) is 0 Å². The zero-order valence-electron chi connectivity index (χ0n) is 16.5. The number of hydrogen-bond acceptors (Lipinski definition) is 5. The third-order valence-electron chi connectivity index (χ3n) is 4.43. The highest BCUT2D eigenvalue weighted by Gasteiger charge is 2.13. The Kier molecular flexibility index (Phi) is 5.92. The van der Waals surface area contributed by atoms with E-state index in [0.717, 1.165) is 5.52 Å². The zero-order chi connectivity index (χ0) is 21.0. The molecule has 1 heterocycles. The fraction of sp³-hybridized carbons (Fsp3) is 0.238. The number of carbonyl (C=O) groups excluding carboxylic acids is 2. The highest BCUT2D eigenvalue weighted by atomic mass is 16.5. The molecule has 0 saturated heterocycles. The number of benzene rings is 2. The van der Waals surface area contributed by atoms with Crippen LogP contribution in [0.15, 0.2) is 47.3 Å². The molecule has 150 valence electrons. The Balaban J connectivity index is 1.75. The van der Waals surface area contributed by atoms with Crippen LogP contribution in [0.2, 0.25) is 0 Å². The Morgan fingerprint density at radius 2 is 1.90 bits per heavy atom. The van der Waals surface area contributed by atoms with E-state index in [1.165, 1.54) is 18.6 Å². The first-order valence-electron chi connectivity index (χ1n) is 9.09. The molecule has 29 heavy (non-hydrogen) atoms. The van der Waals surface area contributed by atoms with Crippen molar-refractivity contribution in [2.45, 2.75) is 19.8 Å². The topological polar surface area (TPSA) is 102 Å². The standard InChI is InChI=1S/C21H22N4O4/c1-13(26)22-14-8-10-19(29-3)17(12-14)24-20(27)11-9-16-21(28)25(2)18-7-5-4-6-15(18)23-16/h4-8,10,12H,9,11H2,1-3H3,(H,22,26)(H,24,27). The minimum absolute atomic E-state index is 0.0775. The van der Waals surface area contributed by atoms with Crippen LogP contribution in [-0.2, 0) is 23.1 Å². The number of rotatable bonds is 6. The average Bonchev–Trinajstić information content (AvgIpc) is 2.69. The van der Waals surface area contributed by atoms with Gasteiger partial charge in [0.2, 0.25) is 11.8 Å². The molecule has 2 amide bonds. The molecule has 0 radical (unpaired) electrons. The van der Waals surface area contributed by atoms with Crippen molar-refractivity contribution in [1.29, 1.82) is 0 Å². The maximum atomic E-state index is 12.5. The molecule has 2 N–H and O–H groups in total. The van der Waals surface area contributed by atoms with E-state index < -0.39 is 0 Å². The third kappa shape index (κ3) is 4.60. The predicted octanol–water partition coefficient (Wildman–Crippen LogP) is 2.47. The van der Waals surface area contributed by atoms with Gasteiger partial charge < -0.3 is 19.9 Å². The Bertz CT molecular complexity index is 1140. The van der Waals surface area contributed by atoms with Crippen molar-refractivity contribution in [2.24, 2.45) is 7.05 Å². The molecule has 3 rings (SSSR count). The molecule has 0 aliphatic carbocycles. The zero-order valence-corrected chi connectivity index (χ0v) is 16.5. The number of aromatic nitrogens is 2. The summed E-state index contributed by atoms with van der Waals surface area (Å²) in [6, 6.07) is 12.3. The first kappa shape index (κ1) is 20.1. The van der Waals surface area contributed by atoms with Crippen LogP contribution in [0.1, 0.15) is 19.0 Å². The van der Waals surface area contributed by atoms with Gasteiger partial charge in [0.1, 0.15) is 11.4 Å². The fourth-order valence-corrected chi connectivity index (χ4v) is 3.03. The fourth-order valence-electron chi connectivity index (χ4n) is 3.03. The Morgan fingerprint density at radius 3 is 2.62 bits per heavy atom. The second-order valence-electron chi connectivity index (χ2n) is 6.56. The number of para-hydroxylation sites is 2. The minimum Gasteiger partial charge on any atom is -0.495 e. The molecular weight excluding hydrogens is 372 g/mol. The summed E-state index contributed by atoms with van der Waals surface area (Å²) in [5.41, 5.74) is 2.53. The van der Waals surface area contributed by atoms with Gasteiger partial charge in [0.25, 0.3) is 5.56 Å². The lowest BCUT2D eigenvalue weighted by atomic mass is 10.2. The number of carbonyl (C=O) groups is 2. The van der Waals surface area contributed by atoms with E-state index in [1.54, 1.807) is 25.2 Å². The lowest BCUT2D eigenvalue weighted by Crippen LogP contribution is -2.24. The molecule has 0 saturated carbocycles. The van der Waals surface area contributed by atoms with E-state index in [2.05, 4.69) is 15.6 Å². The van der Waals surface area contributed by atoms with Crippen LogP contribution < -0.4 is 20.9 Å². The molecule has 0 fully saturated rings. The predicted molar refractivity (Wildman–Crippen MR) is 111 cm³/mol. The van der Waals surface area contributed by atoms with E-state index in [4.69, 9.17) is 4.74 Å². The summed E-state index contributed by atoms with van der Waals surface area (Å²) < 4.78 is 6.80. The summed E-state index contributed by atoms with van der Waals surface area (Å²) in [4.78, 5) is 40.6. The van der Waals surface area contributed by atoms with Gasteiger partial charge in [0.15, 0.2) is 0 Å². The molecule has 1 aromatic heterocycles. The van der Waals surface area contributed by atoms with Crippen molar-refractivity contribution in [2.75, 3.05) is 17.7 Å². The molecule has 8 nitrogen and oxygen atoms in total. The van der Waals surface area contributed by atoms with Gasteiger partial charge in [0.05, 0.1) is 23.8 Å². The molecule has 0 aliphatic rings. The Hall–Kier alpha value is -3.68. The lowest BCUT2D eigenvalue weighted by Gasteiger charge is -2.12. The molecule has 0 atom stereocenters. The molecule has 2 aromatic carbocycles. The van der Waals surface area contributed by atoms with Gasteiger partial charge in [0, 0.05) is 32.5 Å². The lowest BCUT2D eigenvalue weighted by molar-refractivity contribution is -0.116. The van der Waals surface area contributed by atoms with Gasteiger partial charge in [-0.05, 0) is 30.3 Å². The number of hydrogen-bond donors (Lipinski definition) is 2. The number of nitrogens with one attached hydrogen (secondary N) is 2. The van der Waals surface area contributed by atoms with Gasteiger partial charge >= 0.3 is 0 Å². The quantitative estimate of drug-likeness (QED) is 0.669. The van der Waals surface area contributed by atoms with E-state index in [1.807, 2.05) is 24.3 Å². The number of amides is 2. The van der Waals surface area contributed by atoms with Crippen molar-refractivity contribution < 1.29 is 14.3 Å². The first-order valence-corrected chi connectivity index (χ1v) is 9.09. The van der Waals surface area contributed by atoms with Gasteiger partial charge in [-0.25, -0.2) is 4.98 Å². The van der Waals surface area contributed by atoms with Crippen LogP contribution in [0, 0.1) is 0 Å². The van der Waals surface area contributed by atoms with Gasteiger partial charge in [-0.1, -0.05) is 12.1 Å². The van der Waals surface area contributed by atoms with Crippen LogP contribution in [0.25, 0.3) is 11.0 Å². The molecule has 0 spiro atoms. The van der Waals surface area contributed by atoms with Crippen molar-refractivity contribution in [3.8, 4) is 5.75 Å². The third-order valence-corrected chi connectivity index (χ3v) is 4.43. The molecule has 0 unspecified atom stereocenters. The molecular formula is C21H22N4O4. The molecule has 0 aliphatic heterocycles. The van der Waals surface area contributed by atoms with Crippen LogP contribution in [0.5, 0.6) is 5.75 Å². The monoisotopic (exact) mass is 394 g/mol.